The van der Waals surface area contributed by atoms with Gasteiger partial charge in [-0.3, -0.25) is 0 Å². The lowest BCUT2D eigenvalue weighted by atomic mass is 9.70. The molecule has 0 saturated heterocycles. The molecule has 0 radical (unpaired) electrons. The van der Waals surface area contributed by atoms with Gasteiger partial charge >= 0.3 is 0 Å². The molecule has 1 fully saturated rings. The highest BCUT2D eigenvalue weighted by Gasteiger charge is 2.30. The quantitative estimate of drug-likeness (QED) is 0.819. The fourth-order valence-electron chi connectivity index (χ4n) is 4.00. The molecular weight excluding hydrogens is 286 g/mol. The van der Waals surface area contributed by atoms with Crippen molar-refractivity contribution in [3.63, 3.8) is 0 Å². The van der Waals surface area contributed by atoms with E-state index in [4.69, 9.17) is 15.2 Å². The summed E-state index contributed by atoms with van der Waals surface area (Å²) in [6, 6.07) is 14.8. The average molecular weight is 309 g/mol. The highest BCUT2D eigenvalue weighted by molar-refractivity contribution is 5.46. The second-order valence-corrected chi connectivity index (χ2v) is 6.87. The highest BCUT2D eigenvalue weighted by atomic mass is 16.7. The zero-order valence-corrected chi connectivity index (χ0v) is 13.5. The van der Waals surface area contributed by atoms with Crippen molar-refractivity contribution < 1.29 is 9.47 Å². The minimum atomic E-state index is 0.342. The third-order valence-electron chi connectivity index (χ3n) is 5.43. The van der Waals surface area contributed by atoms with Crippen molar-refractivity contribution in [2.45, 2.75) is 38.0 Å². The van der Waals surface area contributed by atoms with E-state index in [0.717, 1.165) is 17.2 Å². The molecule has 2 aromatic carbocycles. The zero-order valence-electron chi connectivity index (χ0n) is 13.5. The highest BCUT2D eigenvalue weighted by Crippen LogP contribution is 2.46. The summed E-state index contributed by atoms with van der Waals surface area (Å²) in [5, 5.41) is 0. The molecule has 3 nitrogen and oxygen atoms in total. The minimum Gasteiger partial charge on any atom is -0.454 e. The number of anilines is 1. The van der Waals surface area contributed by atoms with Crippen LogP contribution >= 0.6 is 0 Å². The van der Waals surface area contributed by atoms with Gasteiger partial charge in [-0.1, -0.05) is 25.1 Å². The molecule has 3 unspecified atom stereocenters. The molecule has 0 spiro atoms. The van der Waals surface area contributed by atoms with Crippen molar-refractivity contribution in [1.82, 2.24) is 0 Å². The largest absolute Gasteiger partial charge is 0.454 e. The standard InChI is InChI=1S/C20H23NO2/c1-13-2-3-15(10-18(13)14-4-7-17(21)8-5-14)16-6-9-19-20(11-16)23-12-22-19/h4-9,11,13,15,18H,2-3,10,12,21H2,1H3. The number of nitrogen functional groups attached to an aromatic ring is 1. The SMILES string of the molecule is CC1CCC(c2ccc3c(c2)OCO3)CC1c1ccc(N)cc1. The maximum absolute atomic E-state index is 5.84. The van der Waals surface area contributed by atoms with Gasteiger partial charge < -0.3 is 15.2 Å². The topological polar surface area (TPSA) is 44.5 Å². The van der Waals surface area contributed by atoms with Crippen LogP contribution in [0.3, 0.4) is 0 Å². The fourth-order valence-corrected chi connectivity index (χ4v) is 4.00. The van der Waals surface area contributed by atoms with Crippen LogP contribution in [0.1, 0.15) is 49.1 Å². The molecule has 120 valence electrons. The van der Waals surface area contributed by atoms with E-state index in [1.54, 1.807) is 0 Å². The Morgan fingerprint density at radius 1 is 0.913 bits per heavy atom. The molecule has 23 heavy (non-hydrogen) atoms. The lowest BCUT2D eigenvalue weighted by Crippen LogP contribution is -2.20. The Kier molecular flexibility index (Phi) is 3.64. The smallest absolute Gasteiger partial charge is 0.231 e. The number of nitrogens with two attached hydrogens (primary N) is 1. The molecule has 1 heterocycles. The Morgan fingerprint density at radius 2 is 1.65 bits per heavy atom. The molecule has 1 aliphatic carbocycles. The monoisotopic (exact) mass is 309 g/mol. The van der Waals surface area contributed by atoms with Gasteiger partial charge in [0, 0.05) is 5.69 Å². The maximum Gasteiger partial charge on any atom is 0.231 e. The van der Waals surface area contributed by atoms with Crippen LogP contribution in [0.15, 0.2) is 42.5 Å². The van der Waals surface area contributed by atoms with Crippen LogP contribution < -0.4 is 15.2 Å². The average Bonchev–Trinajstić information content (AvgIpc) is 3.04. The Labute approximate surface area is 137 Å². The van der Waals surface area contributed by atoms with E-state index >= 15 is 0 Å². The molecule has 2 aliphatic rings. The van der Waals surface area contributed by atoms with Crippen molar-refractivity contribution in [2.24, 2.45) is 5.92 Å². The Balaban J connectivity index is 1.57. The van der Waals surface area contributed by atoms with Gasteiger partial charge in [0.1, 0.15) is 0 Å². The van der Waals surface area contributed by atoms with Crippen LogP contribution in [0.5, 0.6) is 11.5 Å². The lowest BCUT2D eigenvalue weighted by molar-refractivity contribution is 0.174. The van der Waals surface area contributed by atoms with Crippen LogP contribution in [0.4, 0.5) is 5.69 Å². The van der Waals surface area contributed by atoms with E-state index in [0.29, 0.717) is 24.5 Å². The van der Waals surface area contributed by atoms with Gasteiger partial charge in [-0.05, 0) is 72.4 Å². The predicted molar refractivity (Wildman–Crippen MR) is 91.9 cm³/mol. The van der Waals surface area contributed by atoms with E-state index in [-0.39, 0.29) is 0 Å². The van der Waals surface area contributed by atoms with Crippen molar-refractivity contribution in [3.05, 3.63) is 53.6 Å². The van der Waals surface area contributed by atoms with Gasteiger partial charge in [0.05, 0.1) is 0 Å². The molecule has 3 heteroatoms. The Hall–Kier alpha value is -2.16. The molecule has 1 aliphatic heterocycles. The number of rotatable bonds is 2. The van der Waals surface area contributed by atoms with E-state index in [1.807, 2.05) is 18.2 Å². The normalized spacial score (nSPS) is 26.2. The Morgan fingerprint density at radius 3 is 2.48 bits per heavy atom. The second-order valence-electron chi connectivity index (χ2n) is 6.87. The number of hydrogen-bond acceptors (Lipinski definition) is 3. The summed E-state index contributed by atoms with van der Waals surface area (Å²) >= 11 is 0. The number of fused-ring (bicyclic) bond motifs is 1. The molecule has 2 N–H and O–H groups in total. The summed E-state index contributed by atoms with van der Waals surface area (Å²) in [6.45, 7) is 2.71. The summed E-state index contributed by atoms with van der Waals surface area (Å²) in [6.07, 6.45) is 3.69. The van der Waals surface area contributed by atoms with Crippen LogP contribution in [-0.2, 0) is 0 Å². The molecule has 2 aromatic rings. The first-order valence-corrected chi connectivity index (χ1v) is 8.45. The lowest BCUT2D eigenvalue weighted by Gasteiger charge is -2.35. The molecule has 0 amide bonds. The van der Waals surface area contributed by atoms with Crippen LogP contribution in [0.2, 0.25) is 0 Å². The summed E-state index contributed by atoms with van der Waals surface area (Å²) in [5.74, 6) is 3.66. The zero-order chi connectivity index (χ0) is 15.8. The number of benzene rings is 2. The van der Waals surface area contributed by atoms with Gasteiger partial charge in [0.2, 0.25) is 6.79 Å². The molecular formula is C20H23NO2. The van der Waals surface area contributed by atoms with Crippen molar-refractivity contribution >= 4 is 5.69 Å². The second kappa shape index (κ2) is 5.80. The third kappa shape index (κ3) is 2.76. The first kappa shape index (κ1) is 14.4. The maximum atomic E-state index is 5.84. The van der Waals surface area contributed by atoms with Crippen molar-refractivity contribution in [3.8, 4) is 11.5 Å². The van der Waals surface area contributed by atoms with Crippen LogP contribution in [0, 0.1) is 5.92 Å². The predicted octanol–water partition coefficient (Wildman–Crippen LogP) is 4.68. The summed E-state index contributed by atoms with van der Waals surface area (Å²) in [5.41, 5.74) is 9.46. The summed E-state index contributed by atoms with van der Waals surface area (Å²) < 4.78 is 11.0. The van der Waals surface area contributed by atoms with Gasteiger partial charge in [0.15, 0.2) is 11.5 Å². The summed E-state index contributed by atoms with van der Waals surface area (Å²) in [4.78, 5) is 0. The minimum absolute atomic E-state index is 0.342. The van der Waals surface area contributed by atoms with Gasteiger partial charge in [-0.25, -0.2) is 0 Å². The first-order valence-electron chi connectivity index (χ1n) is 8.45. The number of hydrogen-bond donors (Lipinski definition) is 1. The molecule has 1 saturated carbocycles. The molecule has 3 atom stereocenters. The number of ether oxygens (including phenoxy) is 2. The molecule has 4 rings (SSSR count). The van der Waals surface area contributed by atoms with E-state index < -0.39 is 0 Å². The van der Waals surface area contributed by atoms with Gasteiger partial charge in [0.25, 0.3) is 0 Å². The molecule has 0 bridgehead atoms. The van der Waals surface area contributed by atoms with Crippen molar-refractivity contribution in [2.75, 3.05) is 12.5 Å². The summed E-state index contributed by atoms with van der Waals surface area (Å²) in [7, 11) is 0. The van der Waals surface area contributed by atoms with Crippen LogP contribution in [-0.4, -0.2) is 6.79 Å². The first-order chi connectivity index (χ1) is 11.2. The van der Waals surface area contributed by atoms with Gasteiger partial charge in [-0.2, -0.15) is 0 Å². The van der Waals surface area contributed by atoms with E-state index in [2.05, 4.69) is 31.2 Å². The fraction of sp³-hybridized carbons (Fsp3) is 0.400. The van der Waals surface area contributed by atoms with Crippen molar-refractivity contribution in [1.29, 1.82) is 0 Å². The molecule has 0 aromatic heterocycles. The van der Waals surface area contributed by atoms with E-state index in [9.17, 15) is 0 Å². The Bertz CT molecular complexity index is 695. The third-order valence-corrected chi connectivity index (χ3v) is 5.43. The van der Waals surface area contributed by atoms with E-state index in [1.165, 1.54) is 30.4 Å². The van der Waals surface area contributed by atoms with Gasteiger partial charge in [-0.15, -0.1) is 0 Å². The van der Waals surface area contributed by atoms with Crippen LogP contribution in [0.25, 0.3) is 0 Å².